The Morgan fingerprint density at radius 2 is 1.84 bits per heavy atom. The van der Waals surface area contributed by atoms with Gasteiger partial charge in [-0.3, -0.25) is 0 Å². The average molecular weight is 285 g/mol. The molecule has 0 N–H and O–H groups in total. The van der Waals surface area contributed by atoms with E-state index in [0.29, 0.717) is 5.02 Å². The first-order valence-corrected chi connectivity index (χ1v) is 6.87. The van der Waals surface area contributed by atoms with Crippen molar-refractivity contribution in [1.82, 2.24) is 0 Å². The van der Waals surface area contributed by atoms with Crippen molar-refractivity contribution in [3.63, 3.8) is 0 Å². The Morgan fingerprint density at radius 3 is 2.32 bits per heavy atom. The van der Waals surface area contributed by atoms with Crippen molar-refractivity contribution >= 4 is 17.6 Å². The molecule has 3 nitrogen and oxygen atoms in total. The van der Waals surface area contributed by atoms with Crippen molar-refractivity contribution in [3.05, 3.63) is 34.9 Å². The Balaban J connectivity index is 0.000000861. The molecule has 0 radical (unpaired) electrons. The molecule has 1 aromatic rings. The first kappa shape index (κ1) is 16.0. The number of carbonyl (C=O) groups is 1. The van der Waals surface area contributed by atoms with Gasteiger partial charge in [0, 0.05) is 10.4 Å². The summed E-state index contributed by atoms with van der Waals surface area (Å²) in [6.45, 7) is 9.89. The van der Waals surface area contributed by atoms with E-state index in [0.717, 1.165) is 5.56 Å². The number of benzene rings is 1. The fraction of sp³-hybridized carbons (Fsp3) is 0.533. The quantitative estimate of drug-likeness (QED) is 0.719. The van der Waals surface area contributed by atoms with Crippen molar-refractivity contribution < 1.29 is 14.3 Å². The second-order valence-corrected chi connectivity index (χ2v) is 5.64. The minimum Gasteiger partial charge on any atom is -0.433 e. The molecule has 0 aromatic heterocycles. The van der Waals surface area contributed by atoms with Crippen molar-refractivity contribution in [2.75, 3.05) is 0 Å². The Hall–Kier alpha value is -1.06. The molecule has 1 aromatic carbocycles. The van der Waals surface area contributed by atoms with Crippen molar-refractivity contribution in [1.29, 1.82) is 0 Å². The summed E-state index contributed by atoms with van der Waals surface area (Å²) in [4.78, 5) is 11.8. The van der Waals surface area contributed by atoms with Crippen molar-refractivity contribution in [3.8, 4) is 0 Å². The molecule has 1 heterocycles. The van der Waals surface area contributed by atoms with Gasteiger partial charge < -0.3 is 9.47 Å². The van der Waals surface area contributed by atoms with Gasteiger partial charge in [-0.1, -0.05) is 58.4 Å². The van der Waals surface area contributed by atoms with Crippen LogP contribution < -0.4 is 0 Å². The van der Waals surface area contributed by atoms with E-state index in [1.807, 2.05) is 40.7 Å². The van der Waals surface area contributed by atoms with Crippen LogP contribution in [0.15, 0.2) is 24.3 Å². The van der Waals surface area contributed by atoms with E-state index >= 15 is 0 Å². The Kier molecular flexibility index (Phi) is 5.39. The highest BCUT2D eigenvalue weighted by molar-refractivity contribution is 6.30. The van der Waals surface area contributed by atoms with E-state index in [4.69, 9.17) is 21.1 Å². The van der Waals surface area contributed by atoms with Gasteiger partial charge in [0.2, 0.25) is 6.29 Å². The highest BCUT2D eigenvalue weighted by Crippen LogP contribution is 2.36. The molecular formula is C15H21ClO3. The Bertz CT molecular complexity index is 437. The van der Waals surface area contributed by atoms with Crippen molar-refractivity contribution in [2.45, 2.75) is 47.0 Å². The Labute approximate surface area is 119 Å². The van der Waals surface area contributed by atoms with Crippen LogP contribution in [0.3, 0.4) is 0 Å². The summed E-state index contributed by atoms with van der Waals surface area (Å²) in [6, 6.07) is 7.08. The van der Waals surface area contributed by atoms with Gasteiger partial charge in [0.15, 0.2) is 6.10 Å². The van der Waals surface area contributed by atoms with Crippen LogP contribution in [-0.4, -0.2) is 12.3 Å². The number of cyclic esters (lactones) is 1. The standard InChI is InChI=1S/C13H15ClO3.C2H6/c1-13(2,3)12-16-10(11(15)17-12)8-5-4-6-9(14)7-8;1-2/h4-7,10,12H,1-3H3;1-2H3. The maximum absolute atomic E-state index is 11.8. The van der Waals surface area contributed by atoms with Crippen LogP contribution in [0.5, 0.6) is 0 Å². The van der Waals surface area contributed by atoms with Crippen LogP contribution in [0.2, 0.25) is 5.02 Å². The third-order valence-corrected chi connectivity index (χ3v) is 2.79. The third kappa shape index (κ3) is 3.95. The maximum Gasteiger partial charge on any atom is 0.342 e. The lowest BCUT2D eigenvalue weighted by Gasteiger charge is -2.24. The molecular weight excluding hydrogens is 264 g/mol. The van der Waals surface area contributed by atoms with E-state index in [-0.39, 0.29) is 11.4 Å². The molecule has 0 saturated carbocycles. The van der Waals surface area contributed by atoms with Gasteiger partial charge in [-0.25, -0.2) is 4.79 Å². The zero-order chi connectivity index (χ0) is 14.6. The molecule has 1 fully saturated rings. The molecule has 4 heteroatoms. The number of hydrogen-bond donors (Lipinski definition) is 0. The Morgan fingerprint density at radius 1 is 1.21 bits per heavy atom. The van der Waals surface area contributed by atoms with Crippen LogP contribution >= 0.6 is 11.6 Å². The molecule has 2 atom stereocenters. The minimum absolute atomic E-state index is 0.233. The van der Waals surface area contributed by atoms with E-state index in [1.165, 1.54) is 0 Å². The average Bonchev–Trinajstić information content (AvgIpc) is 2.74. The number of rotatable bonds is 1. The summed E-state index contributed by atoms with van der Waals surface area (Å²) in [7, 11) is 0. The number of halogens is 1. The molecule has 0 spiro atoms. The first-order chi connectivity index (χ1) is 8.88. The minimum atomic E-state index is -0.669. The fourth-order valence-electron chi connectivity index (χ4n) is 1.64. The molecule has 2 unspecified atom stereocenters. The van der Waals surface area contributed by atoms with E-state index in [9.17, 15) is 4.79 Å². The lowest BCUT2D eigenvalue weighted by atomic mass is 9.96. The second-order valence-electron chi connectivity index (χ2n) is 5.21. The molecule has 106 valence electrons. The van der Waals surface area contributed by atoms with Crippen LogP contribution in [0.4, 0.5) is 0 Å². The zero-order valence-corrected chi connectivity index (χ0v) is 12.8. The zero-order valence-electron chi connectivity index (χ0n) is 12.1. The normalized spacial score (nSPS) is 22.5. The number of carbonyl (C=O) groups excluding carboxylic acids is 1. The van der Waals surface area contributed by atoms with Crippen LogP contribution in [-0.2, 0) is 14.3 Å². The third-order valence-electron chi connectivity index (χ3n) is 2.56. The number of ether oxygens (including phenoxy) is 2. The molecule has 0 aliphatic carbocycles. The van der Waals surface area contributed by atoms with E-state index in [1.54, 1.807) is 18.2 Å². The monoisotopic (exact) mass is 284 g/mol. The summed E-state index contributed by atoms with van der Waals surface area (Å²) in [6.07, 6.45) is -1.18. The fourth-order valence-corrected chi connectivity index (χ4v) is 1.84. The molecule has 2 rings (SSSR count). The van der Waals surface area contributed by atoms with Gasteiger partial charge in [-0.05, 0) is 17.7 Å². The summed E-state index contributed by atoms with van der Waals surface area (Å²) >= 11 is 5.89. The second kappa shape index (κ2) is 6.40. The van der Waals surface area contributed by atoms with Crippen molar-refractivity contribution in [2.24, 2.45) is 5.41 Å². The smallest absolute Gasteiger partial charge is 0.342 e. The van der Waals surface area contributed by atoms with E-state index in [2.05, 4.69) is 0 Å². The number of hydrogen-bond acceptors (Lipinski definition) is 3. The van der Waals surface area contributed by atoms with Gasteiger partial charge in [-0.15, -0.1) is 0 Å². The van der Waals surface area contributed by atoms with Gasteiger partial charge in [0.1, 0.15) is 0 Å². The van der Waals surface area contributed by atoms with Gasteiger partial charge in [0.05, 0.1) is 0 Å². The predicted octanol–water partition coefficient (Wildman–Crippen LogP) is 4.35. The van der Waals surface area contributed by atoms with Gasteiger partial charge in [-0.2, -0.15) is 0 Å². The largest absolute Gasteiger partial charge is 0.433 e. The molecule has 19 heavy (non-hydrogen) atoms. The lowest BCUT2D eigenvalue weighted by Crippen LogP contribution is -2.27. The van der Waals surface area contributed by atoms with E-state index < -0.39 is 12.4 Å². The molecule has 0 amide bonds. The van der Waals surface area contributed by atoms with Crippen LogP contribution in [0.1, 0.15) is 46.3 Å². The molecule has 1 saturated heterocycles. The van der Waals surface area contributed by atoms with Gasteiger partial charge in [0.25, 0.3) is 0 Å². The SMILES string of the molecule is CC.CC(C)(C)C1OC(=O)C(c2cccc(Cl)c2)O1. The topological polar surface area (TPSA) is 35.5 Å². The highest BCUT2D eigenvalue weighted by atomic mass is 35.5. The summed E-state index contributed by atoms with van der Waals surface area (Å²) in [5.74, 6) is -0.354. The summed E-state index contributed by atoms with van der Waals surface area (Å²) in [5.41, 5.74) is 0.498. The van der Waals surface area contributed by atoms with Gasteiger partial charge >= 0.3 is 5.97 Å². The summed E-state index contributed by atoms with van der Waals surface area (Å²) < 4.78 is 10.9. The van der Waals surface area contributed by atoms with Crippen LogP contribution in [0.25, 0.3) is 0 Å². The molecule has 1 aliphatic heterocycles. The number of esters is 1. The first-order valence-electron chi connectivity index (χ1n) is 6.49. The van der Waals surface area contributed by atoms with Crippen LogP contribution in [0, 0.1) is 5.41 Å². The highest BCUT2D eigenvalue weighted by Gasteiger charge is 2.42. The molecule has 0 bridgehead atoms. The predicted molar refractivity (Wildman–Crippen MR) is 76.0 cm³/mol. The summed E-state index contributed by atoms with van der Waals surface area (Å²) in [5, 5.41) is 0.582. The molecule has 1 aliphatic rings. The lowest BCUT2D eigenvalue weighted by molar-refractivity contribution is -0.154. The maximum atomic E-state index is 11.8.